The number of rotatable bonds is 6. The van der Waals surface area contributed by atoms with Crippen LogP contribution in [-0.4, -0.2) is 42.6 Å². The topological polar surface area (TPSA) is 149 Å². The molecule has 132 valence electrons. The van der Waals surface area contributed by atoms with Crippen molar-refractivity contribution in [2.24, 2.45) is 0 Å². The highest BCUT2D eigenvalue weighted by atomic mass is 32.2. The number of benzene rings is 1. The number of H-pyrrole nitrogens is 1. The van der Waals surface area contributed by atoms with E-state index in [-0.39, 0.29) is 40.4 Å². The van der Waals surface area contributed by atoms with Gasteiger partial charge in [0.2, 0.25) is 10.0 Å². The number of fused-ring (bicyclic) bond motifs is 1. The van der Waals surface area contributed by atoms with Crippen molar-refractivity contribution in [2.75, 3.05) is 14.2 Å². The summed E-state index contributed by atoms with van der Waals surface area (Å²) in [7, 11) is -1.15. The van der Waals surface area contributed by atoms with Gasteiger partial charge in [-0.25, -0.2) is 17.9 Å². The summed E-state index contributed by atoms with van der Waals surface area (Å²) in [4.78, 5) is 25.2. The lowest BCUT2D eigenvalue weighted by Gasteiger charge is -2.07. The largest absolute Gasteiger partial charge is 0.467 e. The predicted molar refractivity (Wildman–Crippen MR) is 83.8 cm³/mol. The number of nitrogens with one attached hydrogen (secondary N) is 2. The highest BCUT2D eigenvalue weighted by molar-refractivity contribution is 7.89. The second kappa shape index (κ2) is 6.49. The minimum absolute atomic E-state index is 0.00144. The quantitative estimate of drug-likeness (QED) is 0.604. The molecule has 0 amide bonds. The maximum absolute atomic E-state index is 12.4. The van der Waals surface area contributed by atoms with Crippen molar-refractivity contribution in [3.05, 3.63) is 34.6 Å². The first-order valence-electron chi connectivity index (χ1n) is 6.87. The second-order valence-corrected chi connectivity index (χ2v) is 6.49. The second-order valence-electron chi connectivity index (χ2n) is 4.72. The number of aromatic nitrogens is 4. The van der Waals surface area contributed by atoms with Crippen molar-refractivity contribution in [3.63, 3.8) is 0 Å². The number of aromatic amines is 1. The Morgan fingerprint density at radius 1 is 1.16 bits per heavy atom. The van der Waals surface area contributed by atoms with Gasteiger partial charge in [0.05, 0.1) is 31.2 Å². The molecule has 1 aromatic carbocycles. The first-order valence-corrected chi connectivity index (χ1v) is 8.35. The van der Waals surface area contributed by atoms with Crippen molar-refractivity contribution in [1.82, 2.24) is 24.7 Å². The van der Waals surface area contributed by atoms with Crippen LogP contribution in [0.15, 0.2) is 32.3 Å². The Balaban J connectivity index is 1.84. The lowest BCUT2D eigenvalue weighted by molar-refractivity contribution is 0.336. The van der Waals surface area contributed by atoms with E-state index in [0.717, 1.165) is 0 Å². The van der Waals surface area contributed by atoms with Gasteiger partial charge in [0.1, 0.15) is 0 Å². The summed E-state index contributed by atoms with van der Waals surface area (Å²) < 4.78 is 41.8. The van der Waals surface area contributed by atoms with Crippen LogP contribution in [0.4, 0.5) is 0 Å². The average molecular weight is 367 g/mol. The van der Waals surface area contributed by atoms with Gasteiger partial charge in [0.25, 0.3) is 0 Å². The van der Waals surface area contributed by atoms with E-state index >= 15 is 0 Å². The Kier molecular flexibility index (Phi) is 4.37. The Morgan fingerprint density at radius 2 is 1.84 bits per heavy atom. The number of sulfonamides is 1. The van der Waals surface area contributed by atoms with Crippen molar-refractivity contribution >= 4 is 21.1 Å². The maximum atomic E-state index is 12.4. The van der Waals surface area contributed by atoms with Gasteiger partial charge in [-0.3, -0.25) is 4.98 Å². The lowest BCUT2D eigenvalue weighted by Crippen LogP contribution is -2.24. The Hall–Kier alpha value is -2.99. The fourth-order valence-corrected chi connectivity index (χ4v) is 2.99. The van der Waals surface area contributed by atoms with E-state index in [0.29, 0.717) is 0 Å². The molecule has 3 aromatic rings. The van der Waals surface area contributed by atoms with Gasteiger partial charge in [-0.2, -0.15) is 9.97 Å². The molecular formula is C13H13N5O6S. The number of hydrogen-bond donors (Lipinski definition) is 2. The summed E-state index contributed by atoms with van der Waals surface area (Å²) in [5.74, 6) is -0.549. The third-order valence-corrected chi connectivity index (χ3v) is 4.53. The van der Waals surface area contributed by atoms with Crippen molar-refractivity contribution in [2.45, 2.75) is 11.4 Å². The molecule has 11 nitrogen and oxygen atoms in total. The molecule has 3 rings (SSSR count). The molecule has 25 heavy (non-hydrogen) atoms. The highest BCUT2D eigenvalue weighted by Crippen LogP contribution is 2.17. The van der Waals surface area contributed by atoms with Crippen LogP contribution >= 0.6 is 0 Å². The molecule has 0 spiro atoms. The first-order chi connectivity index (χ1) is 11.9. The standard InChI is InChI=1S/C13H13N5O6S/c1-22-11-16-10(17-12(18-11)23-2)6-14-25(20,21)7-3-4-9-8(5-7)15-13(19)24-9/h3-5,14H,6H2,1-2H3,(H,15,19). The van der Waals surface area contributed by atoms with E-state index in [4.69, 9.17) is 13.9 Å². The molecule has 0 saturated heterocycles. The fourth-order valence-electron chi connectivity index (χ4n) is 1.98. The van der Waals surface area contributed by atoms with E-state index in [1.54, 1.807) is 0 Å². The number of ether oxygens (including phenoxy) is 2. The smallest absolute Gasteiger partial charge is 0.417 e. The van der Waals surface area contributed by atoms with Gasteiger partial charge in [0.15, 0.2) is 11.4 Å². The van der Waals surface area contributed by atoms with Crippen molar-refractivity contribution < 1.29 is 22.3 Å². The summed E-state index contributed by atoms with van der Waals surface area (Å²) in [6.45, 7) is -0.211. The third kappa shape index (κ3) is 3.59. The molecule has 0 radical (unpaired) electrons. The number of oxazole rings is 1. The lowest BCUT2D eigenvalue weighted by atomic mass is 10.3. The van der Waals surface area contributed by atoms with Crippen LogP contribution in [-0.2, 0) is 16.6 Å². The molecule has 0 unspecified atom stereocenters. The van der Waals surface area contributed by atoms with Gasteiger partial charge >= 0.3 is 17.8 Å². The van der Waals surface area contributed by atoms with E-state index in [1.807, 2.05) is 0 Å². The van der Waals surface area contributed by atoms with Crippen LogP contribution in [0.25, 0.3) is 11.1 Å². The Bertz CT molecular complexity index is 1050. The first kappa shape index (κ1) is 16.9. The molecule has 0 saturated carbocycles. The predicted octanol–water partition coefficient (Wildman–Crippen LogP) is -0.198. The zero-order chi connectivity index (χ0) is 18.0. The van der Waals surface area contributed by atoms with Crippen LogP contribution in [0.2, 0.25) is 0 Å². The van der Waals surface area contributed by atoms with Gasteiger partial charge in [-0.15, -0.1) is 4.98 Å². The molecular weight excluding hydrogens is 354 g/mol. The van der Waals surface area contributed by atoms with Crippen LogP contribution < -0.4 is 20.0 Å². The summed E-state index contributed by atoms with van der Waals surface area (Å²) >= 11 is 0. The van der Waals surface area contributed by atoms with Crippen LogP contribution in [0.3, 0.4) is 0 Å². The molecule has 0 bridgehead atoms. The molecule has 0 aliphatic rings. The van der Waals surface area contributed by atoms with E-state index in [1.165, 1.54) is 32.4 Å². The highest BCUT2D eigenvalue weighted by Gasteiger charge is 2.17. The molecule has 0 aliphatic heterocycles. The Morgan fingerprint density at radius 3 is 2.48 bits per heavy atom. The maximum Gasteiger partial charge on any atom is 0.417 e. The molecule has 2 heterocycles. The zero-order valence-electron chi connectivity index (χ0n) is 13.1. The molecule has 12 heteroatoms. The number of hydrogen-bond acceptors (Lipinski definition) is 9. The normalized spacial score (nSPS) is 11.6. The van der Waals surface area contributed by atoms with Gasteiger partial charge < -0.3 is 13.9 Å². The zero-order valence-corrected chi connectivity index (χ0v) is 14.0. The number of methoxy groups -OCH3 is 2. The van der Waals surface area contributed by atoms with E-state index in [9.17, 15) is 13.2 Å². The molecule has 2 aromatic heterocycles. The van der Waals surface area contributed by atoms with E-state index < -0.39 is 15.8 Å². The fraction of sp³-hybridized carbons (Fsp3) is 0.231. The third-order valence-electron chi connectivity index (χ3n) is 3.13. The average Bonchev–Trinajstić information content (AvgIpc) is 2.98. The van der Waals surface area contributed by atoms with E-state index in [2.05, 4.69) is 24.7 Å². The minimum atomic E-state index is -3.88. The van der Waals surface area contributed by atoms with Crippen LogP contribution in [0.1, 0.15) is 5.82 Å². The van der Waals surface area contributed by atoms with Gasteiger partial charge in [-0.1, -0.05) is 0 Å². The summed E-state index contributed by atoms with van der Waals surface area (Å²) in [6, 6.07) is 3.99. The van der Waals surface area contributed by atoms with Crippen LogP contribution in [0, 0.1) is 0 Å². The molecule has 2 N–H and O–H groups in total. The monoisotopic (exact) mass is 367 g/mol. The summed E-state index contributed by atoms with van der Waals surface area (Å²) in [5, 5.41) is 0. The number of nitrogens with zero attached hydrogens (tertiary/aromatic N) is 3. The molecule has 0 aliphatic carbocycles. The molecule has 0 atom stereocenters. The molecule has 0 fully saturated rings. The Labute approximate surface area is 141 Å². The van der Waals surface area contributed by atoms with Gasteiger partial charge in [-0.05, 0) is 18.2 Å². The van der Waals surface area contributed by atoms with Crippen molar-refractivity contribution in [3.8, 4) is 12.0 Å². The summed E-state index contributed by atoms with van der Waals surface area (Å²) in [5.41, 5.74) is 0.535. The van der Waals surface area contributed by atoms with Crippen LogP contribution in [0.5, 0.6) is 12.0 Å². The van der Waals surface area contributed by atoms with Crippen molar-refractivity contribution in [1.29, 1.82) is 0 Å². The minimum Gasteiger partial charge on any atom is -0.467 e. The summed E-state index contributed by atoms with van der Waals surface area (Å²) in [6.07, 6.45) is 0. The van der Waals surface area contributed by atoms with Gasteiger partial charge in [0, 0.05) is 0 Å². The SMILES string of the molecule is COc1nc(CNS(=O)(=O)c2ccc3oc(=O)[nH]c3c2)nc(OC)n1.